The van der Waals surface area contributed by atoms with Crippen LogP contribution in [0.1, 0.15) is 19.8 Å². The van der Waals surface area contributed by atoms with Gasteiger partial charge in [0.05, 0.1) is 0 Å². The summed E-state index contributed by atoms with van der Waals surface area (Å²) < 4.78 is 37.5. The van der Waals surface area contributed by atoms with Gasteiger partial charge in [-0.2, -0.15) is 0 Å². The fraction of sp³-hybridized carbons (Fsp3) is 0.545. The van der Waals surface area contributed by atoms with Gasteiger partial charge >= 0.3 is 56.5 Å². The van der Waals surface area contributed by atoms with Crippen LogP contribution in [0.2, 0.25) is 0 Å². The van der Waals surface area contributed by atoms with E-state index in [-0.39, 0.29) is 21.1 Å². The Hall–Kier alpha value is -0.652. The Balaban J connectivity index is -0.0000000285. The third-order valence-electron chi connectivity index (χ3n) is 1.45. The summed E-state index contributed by atoms with van der Waals surface area (Å²) in [5, 5.41) is 4.26. The molecule has 7 heteroatoms. The van der Waals surface area contributed by atoms with Gasteiger partial charge in [-0.25, -0.2) is 0 Å². The van der Waals surface area contributed by atoms with Crippen LogP contribution in [-0.2, 0) is 44.3 Å². The van der Waals surface area contributed by atoms with Crippen LogP contribution in [0.4, 0.5) is 0 Å². The maximum absolute atomic E-state index is 7.50. The maximum atomic E-state index is 7.50. The number of hydrogen-bond donors (Lipinski definition) is 0. The van der Waals surface area contributed by atoms with Crippen LogP contribution in [-0.4, -0.2) is 13.1 Å². The Labute approximate surface area is 122 Å². The van der Waals surface area contributed by atoms with Gasteiger partial charge in [-0.1, -0.05) is 25.7 Å². The molecule has 1 saturated heterocycles. The SMILES string of the molecule is CC1CCC[N-]C1.[C-]#[O+].[C-]#[O+].[C-]#[O+].[C-]#[O+].[C-]#[O+].[W]. The Bertz CT molecular complexity index is 169. The van der Waals surface area contributed by atoms with E-state index >= 15 is 0 Å². The molecule has 1 unspecified atom stereocenters. The summed E-state index contributed by atoms with van der Waals surface area (Å²) in [5.74, 6) is 0.869. The molecule has 1 rings (SSSR count). The quantitative estimate of drug-likeness (QED) is 0.417. The van der Waals surface area contributed by atoms with Gasteiger partial charge in [0.15, 0.2) is 0 Å². The molecule has 0 N–H and O–H groups in total. The molecular weight excluding hydrogens is 410 g/mol. The van der Waals surface area contributed by atoms with E-state index in [1.165, 1.54) is 12.8 Å². The van der Waals surface area contributed by atoms with Gasteiger partial charge in [0.1, 0.15) is 0 Å². The molecule has 98 valence electrons. The predicted octanol–water partition coefficient (Wildman–Crippen LogP) is 1.60. The molecule has 1 fully saturated rings. The Morgan fingerprint density at radius 1 is 0.833 bits per heavy atom. The summed E-state index contributed by atoms with van der Waals surface area (Å²) in [6.45, 7) is 27.0. The zero-order valence-corrected chi connectivity index (χ0v) is 12.7. The van der Waals surface area contributed by atoms with Gasteiger partial charge < -0.3 is 5.32 Å². The molecule has 1 aliphatic rings. The molecule has 1 atom stereocenters. The standard InChI is InChI=1S/C6H12N.5CO.W/c1-6-3-2-4-7-5-6;5*1-2;/h6H,2-5H2,1H3;;;;;;/q-1;;;;;;. The van der Waals surface area contributed by atoms with E-state index in [1.807, 2.05) is 0 Å². The Morgan fingerprint density at radius 2 is 1.17 bits per heavy atom. The van der Waals surface area contributed by atoms with Crippen molar-refractivity contribution in [3.63, 3.8) is 0 Å². The second-order valence-electron chi connectivity index (χ2n) is 2.38. The summed E-state index contributed by atoms with van der Waals surface area (Å²) >= 11 is 0. The van der Waals surface area contributed by atoms with Crippen molar-refractivity contribution in [3.8, 4) is 0 Å². The Morgan fingerprint density at radius 3 is 1.28 bits per heavy atom. The van der Waals surface area contributed by atoms with Crippen LogP contribution >= 0.6 is 0 Å². The van der Waals surface area contributed by atoms with E-state index in [0.717, 1.165) is 19.0 Å². The average Bonchev–Trinajstić information content (AvgIpc) is 2.50. The average molecular weight is 422 g/mol. The first-order chi connectivity index (χ1) is 8.39. The van der Waals surface area contributed by atoms with Crippen LogP contribution in [0.15, 0.2) is 0 Å². The van der Waals surface area contributed by atoms with E-state index < -0.39 is 0 Å². The third-order valence-corrected chi connectivity index (χ3v) is 1.45. The van der Waals surface area contributed by atoms with Crippen molar-refractivity contribution in [2.24, 2.45) is 5.92 Å². The second-order valence-corrected chi connectivity index (χ2v) is 2.38. The van der Waals surface area contributed by atoms with E-state index in [2.05, 4.69) is 45.5 Å². The fourth-order valence-electron chi connectivity index (χ4n) is 0.955. The summed E-state index contributed by atoms with van der Waals surface area (Å²) in [5.41, 5.74) is 0. The number of nitrogens with zero attached hydrogens (tertiary/aromatic N) is 1. The molecule has 0 aromatic heterocycles. The van der Waals surface area contributed by atoms with Gasteiger partial charge in [0.25, 0.3) is 0 Å². The minimum Gasteiger partial charge on any atom is 0 e. The first-order valence-corrected chi connectivity index (χ1v) is 4.05. The van der Waals surface area contributed by atoms with Crippen LogP contribution in [0, 0.1) is 39.2 Å². The van der Waals surface area contributed by atoms with Gasteiger partial charge in [0.2, 0.25) is 0 Å². The first-order valence-electron chi connectivity index (χ1n) is 4.05. The molecular formula is C11H12NO5W-. The predicted molar refractivity (Wildman–Crippen MR) is 51.1 cm³/mol. The molecule has 1 heterocycles. The van der Waals surface area contributed by atoms with Crippen LogP contribution < -0.4 is 0 Å². The van der Waals surface area contributed by atoms with Crippen LogP contribution in [0.5, 0.6) is 0 Å². The summed E-state index contributed by atoms with van der Waals surface area (Å²) in [6, 6.07) is 0. The molecule has 6 nitrogen and oxygen atoms in total. The molecule has 0 aromatic carbocycles. The molecule has 0 bridgehead atoms. The monoisotopic (exact) mass is 422 g/mol. The van der Waals surface area contributed by atoms with Gasteiger partial charge in [-0.3, -0.25) is 0 Å². The molecule has 0 radical (unpaired) electrons. The van der Waals surface area contributed by atoms with Crippen LogP contribution in [0.25, 0.3) is 5.32 Å². The molecule has 0 amide bonds. The summed E-state index contributed by atoms with van der Waals surface area (Å²) in [6.07, 6.45) is 2.71. The zero-order valence-electron chi connectivity index (χ0n) is 9.80. The van der Waals surface area contributed by atoms with Crippen LogP contribution in [0.3, 0.4) is 0 Å². The molecule has 1 aliphatic heterocycles. The van der Waals surface area contributed by atoms with Gasteiger partial charge in [0, 0.05) is 21.1 Å². The first kappa shape index (κ1) is 36.0. The number of hydrogen-bond acceptors (Lipinski definition) is 0. The van der Waals surface area contributed by atoms with Gasteiger partial charge in [-0.05, 0) is 0 Å². The third kappa shape index (κ3) is 58.5. The minimum atomic E-state index is 0. The van der Waals surface area contributed by atoms with E-state index in [0.29, 0.717) is 0 Å². The van der Waals surface area contributed by atoms with Crippen molar-refractivity contribution in [1.29, 1.82) is 0 Å². The zero-order chi connectivity index (χ0) is 15.1. The van der Waals surface area contributed by atoms with Crippen molar-refractivity contribution in [1.82, 2.24) is 0 Å². The largest absolute Gasteiger partial charge is 0 e. The number of rotatable bonds is 0. The van der Waals surface area contributed by atoms with Crippen molar-refractivity contribution >= 4 is 0 Å². The second kappa shape index (κ2) is 71.3. The van der Waals surface area contributed by atoms with E-state index in [9.17, 15) is 0 Å². The maximum Gasteiger partial charge on any atom is 0 e. The molecule has 0 aliphatic carbocycles. The molecule has 0 spiro atoms. The summed E-state index contributed by atoms with van der Waals surface area (Å²) in [4.78, 5) is 0. The summed E-state index contributed by atoms with van der Waals surface area (Å²) in [7, 11) is 0. The molecule has 0 saturated carbocycles. The van der Waals surface area contributed by atoms with Crippen molar-refractivity contribution in [2.75, 3.05) is 13.1 Å². The van der Waals surface area contributed by atoms with E-state index in [1.54, 1.807) is 0 Å². The Kier molecular flexibility index (Phi) is 143. The smallest absolute Gasteiger partial charge is 0 e. The van der Waals surface area contributed by atoms with E-state index in [4.69, 9.17) is 23.3 Å². The molecule has 18 heavy (non-hydrogen) atoms. The van der Waals surface area contributed by atoms with Crippen molar-refractivity contribution in [2.45, 2.75) is 19.8 Å². The molecule has 0 aromatic rings. The minimum absolute atomic E-state index is 0. The normalized spacial score (nSPS) is 13.4. The van der Waals surface area contributed by atoms with Crippen molar-refractivity contribution < 1.29 is 44.3 Å². The van der Waals surface area contributed by atoms with Crippen molar-refractivity contribution in [3.05, 3.63) is 38.6 Å². The number of piperidine rings is 1. The van der Waals surface area contributed by atoms with Gasteiger partial charge in [-0.15, -0.1) is 13.1 Å². The topological polar surface area (TPSA) is 114 Å². The fourth-order valence-corrected chi connectivity index (χ4v) is 0.955.